The molecule has 0 amide bonds. The van der Waals surface area contributed by atoms with E-state index in [9.17, 15) is 8.42 Å². The first-order valence-electron chi connectivity index (χ1n) is 5.34. The topological polar surface area (TPSA) is 73.0 Å². The molecule has 0 saturated heterocycles. The van der Waals surface area contributed by atoms with Gasteiger partial charge >= 0.3 is 0 Å². The summed E-state index contributed by atoms with van der Waals surface area (Å²) in [5, 5.41) is 0.658. The molecule has 0 spiro atoms. The molecule has 16 heavy (non-hydrogen) atoms. The number of hydrogen-bond donors (Lipinski definition) is 1. The molecule has 0 bridgehead atoms. The summed E-state index contributed by atoms with van der Waals surface area (Å²) < 4.78 is 23.0. The van der Waals surface area contributed by atoms with E-state index in [1.807, 2.05) is 13.8 Å². The summed E-state index contributed by atoms with van der Waals surface area (Å²) >= 11 is 1.42. The summed E-state index contributed by atoms with van der Waals surface area (Å²) in [6.07, 6.45) is 0.791. The van der Waals surface area contributed by atoms with Gasteiger partial charge in [-0.2, -0.15) is 0 Å². The molecule has 0 aliphatic carbocycles. The second kappa shape index (κ2) is 5.25. The van der Waals surface area contributed by atoms with Gasteiger partial charge in [0.1, 0.15) is 10.8 Å². The number of aromatic nitrogens is 1. The molecule has 1 heterocycles. The van der Waals surface area contributed by atoms with Crippen molar-refractivity contribution >= 4 is 21.2 Å². The quantitative estimate of drug-likeness (QED) is 0.876. The van der Waals surface area contributed by atoms with Crippen LogP contribution in [0, 0.1) is 0 Å². The predicted molar refractivity (Wildman–Crippen MR) is 67.3 cm³/mol. The van der Waals surface area contributed by atoms with Crippen LogP contribution in [0.25, 0.3) is 0 Å². The highest BCUT2D eigenvalue weighted by Gasteiger charge is 2.17. The van der Waals surface area contributed by atoms with E-state index in [1.165, 1.54) is 11.3 Å². The Kier molecular flexibility index (Phi) is 4.46. The molecular formula is C10H18N2O2S2. The fourth-order valence-electron chi connectivity index (χ4n) is 1.38. The first kappa shape index (κ1) is 13.6. The second-order valence-electron chi connectivity index (χ2n) is 3.74. The normalized spacial score (nSPS) is 14.0. The van der Waals surface area contributed by atoms with Crippen LogP contribution in [0.15, 0.2) is 0 Å². The van der Waals surface area contributed by atoms with Crippen molar-refractivity contribution in [2.75, 3.05) is 5.75 Å². The number of rotatable bonds is 5. The number of hydrogen-bond acceptors (Lipinski definition) is 5. The predicted octanol–water partition coefficient (Wildman–Crippen LogP) is 1.66. The number of aryl methyl sites for hydroxylation is 1. The van der Waals surface area contributed by atoms with Crippen molar-refractivity contribution in [3.8, 4) is 0 Å². The maximum absolute atomic E-state index is 11.5. The molecule has 0 aliphatic rings. The Morgan fingerprint density at radius 1 is 1.44 bits per heavy atom. The van der Waals surface area contributed by atoms with Crippen LogP contribution < -0.4 is 5.73 Å². The summed E-state index contributed by atoms with van der Waals surface area (Å²) in [5.41, 5.74) is 6.75. The van der Waals surface area contributed by atoms with Gasteiger partial charge in [0.25, 0.3) is 0 Å². The molecule has 2 N–H and O–H groups in total. The van der Waals surface area contributed by atoms with E-state index in [1.54, 1.807) is 6.92 Å². The second-order valence-corrected chi connectivity index (χ2v) is 7.21. The largest absolute Gasteiger partial charge is 0.323 e. The lowest BCUT2D eigenvalue weighted by Gasteiger charge is -2.01. The van der Waals surface area contributed by atoms with Gasteiger partial charge in [0.15, 0.2) is 9.84 Å². The minimum absolute atomic E-state index is 0.0356. The van der Waals surface area contributed by atoms with Crippen LogP contribution in [0.1, 0.15) is 42.4 Å². The third-order valence-corrected chi connectivity index (χ3v) is 5.38. The summed E-state index contributed by atoms with van der Waals surface area (Å²) in [6, 6.07) is -0.0782. The van der Waals surface area contributed by atoms with Crippen LogP contribution in [0.5, 0.6) is 0 Å². The van der Waals surface area contributed by atoms with E-state index in [0.29, 0.717) is 5.01 Å². The van der Waals surface area contributed by atoms with Crippen LogP contribution in [0.4, 0.5) is 0 Å². The SMILES string of the molecule is CCc1nc(CS(=O)(=O)CC)sc1C(C)N. The first-order chi connectivity index (χ1) is 7.39. The third-order valence-electron chi connectivity index (χ3n) is 2.30. The number of thiazole rings is 1. The average Bonchev–Trinajstić information content (AvgIpc) is 2.60. The van der Waals surface area contributed by atoms with Crippen LogP contribution in [-0.4, -0.2) is 19.2 Å². The summed E-state index contributed by atoms with van der Waals surface area (Å²) in [6.45, 7) is 5.54. The van der Waals surface area contributed by atoms with Crippen molar-refractivity contribution in [1.29, 1.82) is 0 Å². The summed E-state index contributed by atoms with van der Waals surface area (Å²) in [5.74, 6) is 0.190. The summed E-state index contributed by atoms with van der Waals surface area (Å²) in [7, 11) is -3.00. The first-order valence-corrected chi connectivity index (χ1v) is 7.97. The van der Waals surface area contributed by atoms with Crippen molar-refractivity contribution in [3.05, 3.63) is 15.6 Å². The maximum Gasteiger partial charge on any atom is 0.156 e. The monoisotopic (exact) mass is 262 g/mol. The highest BCUT2D eigenvalue weighted by molar-refractivity contribution is 7.90. The standard InChI is InChI=1S/C10H18N2O2S2/c1-4-8-10(7(3)11)15-9(12-8)6-16(13,14)5-2/h7H,4-6,11H2,1-3H3. The Labute approximate surface area is 101 Å². The Bertz CT molecular complexity index is 449. The van der Waals surface area contributed by atoms with E-state index in [0.717, 1.165) is 17.0 Å². The molecule has 0 aromatic carbocycles. The molecule has 1 unspecified atom stereocenters. The molecule has 0 aliphatic heterocycles. The highest BCUT2D eigenvalue weighted by Crippen LogP contribution is 2.25. The summed E-state index contributed by atoms with van der Waals surface area (Å²) in [4.78, 5) is 5.35. The zero-order valence-electron chi connectivity index (χ0n) is 9.86. The van der Waals surface area contributed by atoms with E-state index in [-0.39, 0.29) is 17.5 Å². The molecule has 0 radical (unpaired) electrons. The zero-order chi connectivity index (χ0) is 12.3. The van der Waals surface area contributed by atoms with Crippen LogP contribution in [0.3, 0.4) is 0 Å². The van der Waals surface area contributed by atoms with Gasteiger partial charge in [-0.25, -0.2) is 13.4 Å². The molecule has 6 heteroatoms. The molecule has 0 saturated carbocycles. The van der Waals surface area contributed by atoms with Gasteiger partial charge in [-0.05, 0) is 13.3 Å². The third kappa shape index (κ3) is 3.26. The van der Waals surface area contributed by atoms with Crippen molar-refractivity contribution in [3.63, 3.8) is 0 Å². The number of nitrogens with zero attached hydrogens (tertiary/aromatic N) is 1. The fourth-order valence-corrected chi connectivity index (χ4v) is 3.70. The van der Waals surface area contributed by atoms with Crippen LogP contribution in [0.2, 0.25) is 0 Å². The van der Waals surface area contributed by atoms with Crippen molar-refractivity contribution in [1.82, 2.24) is 4.98 Å². The molecular weight excluding hydrogens is 244 g/mol. The Balaban J connectivity index is 3.00. The minimum atomic E-state index is -3.00. The highest BCUT2D eigenvalue weighted by atomic mass is 32.2. The lowest BCUT2D eigenvalue weighted by Crippen LogP contribution is -2.06. The van der Waals surface area contributed by atoms with E-state index in [2.05, 4.69) is 4.98 Å². The lowest BCUT2D eigenvalue weighted by molar-refractivity contribution is 0.596. The van der Waals surface area contributed by atoms with Gasteiger partial charge in [-0.1, -0.05) is 13.8 Å². The van der Waals surface area contributed by atoms with E-state index in [4.69, 9.17) is 5.73 Å². The van der Waals surface area contributed by atoms with E-state index < -0.39 is 9.84 Å². The van der Waals surface area contributed by atoms with E-state index >= 15 is 0 Å². The smallest absolute Gasteiger partial charge is 0.156 e. The van der Waals surface area contributed by atoms with Crippen molar-refractivity contribution in [2.24, 2.45) is 5.73 Å². The van der Waals surface area contributed by atoms with Crippen LogP contribution >= 0.6 is 11.3 Å². The van der Waals surface area contributed by atoms with Gasteiger partial charge in [-0.3, -0.25) is 0 Å². The maximum atomic E-state index is 11.5. The molecule has 1 aromatic heterocycles. The van der Waals surface area contributed by atoms with Gasteiger partial charge in [0.2, 0.25) is 0 Å². The molecule has 1 atom stereocenters. The Hall–Kier alpha value is -0.460. The molecule has 1 rings (SSSR count). The number of nitrogens with two attached hydrogens (primary N) is 1. The average molecular weight is 262 g/mol. The Morgan fingerprint density at radius 2 is 2.06 bits per heavy atom. The minimum Gasteiger partial charge on any atom is -0.323 e. The Morgan fingerprint density at radius 3 is 2.44 bits per heavy atom. The molecule has 0 fully saturated rings. The number of sulfone groups is 1. The molecule has 1 aromatic rings. The van der Waals surface area contributed by atoms with Gasteiger partial charge in [-0.15, -0.1) is 11.3 Å². The van der Waals surface area contributed by atoms with Crippen molar-refractivity contribution < 1.29 is 8.42 Å². The molecule has 92 valence electrons. The van der Waals surface area contributed by atoms with Gasteiger partial charge in [0.05, 0.1) is 5.69 Å². The van der Waals surface area contributed by atoms with Gasteiger partial charge in [0, 0.05) is 16.7 Å². The lowest BCUT2D eigenvalue weighted by atomic mass is 10.2. The zero-order valence-corrected chi connectivity index (χ0v) is 11.5. The van der Waals surface area contributed by atoms with Gasteiger partial charge < -0.3 is 5.73 Å². The van der Waals surface area contributed by atoms with Crippen LogP contribution in [-0.2, 0) is 22.0 Å². The van der Waals surface area contributed by atoms with Crippen molar-refractivity contribution in [2.45, 2.75) is 39.0 Å². The molecule has 4 nitrogen and oxygen atoms in total. The fraction of sp³-hybridized carbons (Fsp3) is 0.700.